The molecule has 0 saturated carbocycles. The first-order valence-corrected chi connectivity index (χ1v) is 7.95. The number of hydrogen-bond acceptors (Lipinski definition) is 6. The summed E-state index contributed by atoms with van der Waals surface area (Å²) in [6, 6.07) is 0. The molecule has 0 spiro atoms. The zero-order chi connectivity index (χ0) is 15.5. The largest absolute Gasteiger partial charge is 0.437 e. The van der Waals surface area contributed by atoms with Crippen molar-refractivity contribution < 1.29 is 13.9 Å². The second kappa shape index (κ2) is 6.76. The van der Waals surface area contributed by atoms with Gasteiger partial charge in [0.1, 0.15) is 5.76 Å². The smallest absolute Gasteiger partial charge is 0.307 e. The van der Waals surface area contributed by atoms with Gasteiger partial charge in [0.05, 0.1) is 18.4 Å². The van der Waals surface area contributed by atoms with Crippen LogP contribution in [0, 0.1) is 0 Å². The molecule has 7 nitrogen and oxygen atoms in total. The normalized spacial score (nSPS) is 23.3. The molecule has 3 rings (SSSR count). The molecule has 3 heterocycles. The molecule has 0 unspecified atom stereocenters. The molecule has 1 N–H and O–H groups in total. The van der Waals surface area contributed by atoms with E-state index in [2.05, 4.69) is 34.1 Å². The maximum absolute atomic E-state index is 12.2. The van der Waals surface area contributed by atoms with Gasteiger partial charge in [-0.15, -0.1) is 0 Å². The van der Waals surface area contributed by atoms with E-state index >= 15 is 0 Å². The highest BCUT2D eigenvalue weighted by Crippen LogP contribution is 2.19. The minimum atomic E-state index is -0.255. The summed E-state index contributed by atoms with van der Waals surface area (Å²) in [6.45, 7) is 7.79. The first kappa shape index (κ1) is 15.5. The molecule has 0 aromatic carbocycles. The monoisotopic (exact) mass is 308 g/mol. The molecule has 0 radical (unpaired) electrons. The first-order valence-electron chi connectivity index (χ1n) is 7.95. The molecule has 1 saturated heterocycles. The average Bonchev–Trinajstić information content (AvgIpc) is 2.95. The van der Waals surface area contributed by atoms with Crippen LogP contribution in [-0.2, 0) is 17.7 Å². The number of hydrogen-bond donors (Lipinski definition) is 1. The number of oxazole rings is 1. The maximum Gasteiger partial charge on any atom is 0.307 e. The summed E-state index contributed by atoms with van der Waals surface area (Å²) in [5.41, 5.74) is 0.895. The topological polar surface area (TPSA) is 70.8 Å². The Hall–Kier alpha value is -1.44. The lowest BCUT2D eigenvalue weighted by Gasteiger charge is -2.29. The number of nitrogens with zero attached hydrogens (tertiary/aromatic N) is 3. The Morgan fingerprint density at radius 1 is 1.45 bits per heavy atom. The van der Waals surface area contributed by atoms with Crippen molar-refractivity contribution in [3.8, 4) is 0 Å². The summed E-state index contributed by atoms with van der Waals surface area (Å²) in [7, 11) is 2.05. The van der Waals surface area contributed by atoms with E-state index in [0.29, 0.717) is 13.2 Å². The predicted octanol–water partition coefficient (Wildman–Crippen LogP) is 0.113. The summed E-state index contributed by atoms with van der Waals surface area (Å²) >= 11 is 0. The highest BCUT2D eigenvalue weighted by atomic mass is 16.5. The Bertz CT molecular complexity index is 531. The summed E-state index contributed by atoms with van der Waals surface area (Å²) in [6.07, 6.45) is 0.850. The Labute approximate surface area is 130 Å². The van der Waals surface area contributed by atoms with E-state index in [9.17, 15) is 4.79 Å². The van der Waals surface area contributed by atoms with E-state index in [0.717, 1.165) is 50.6 Å². The van der Waals surface area contributed by atoms with Gasteiger partial charge in [-0.1, -0.05) is 6.92 Å². The summed E-state index contributed by atoms with van der Waals surface area (Å²) < 4.78 is 11.3. The molecule has 2 aliphatic heterocycles. The lowest BCUT2D eigenvalue weighted by molar-refractivity contribution is -0.0176. The van der Waals surface area contributed by atoms with E-state index in [4.69, 9.17) is 9.15 Å². The van der Waals surface area contributed by atoms with E-state index in [1.807, 2.05) is 0 Å². The molecule has 7 heteroatoms. The van der Waals surface area contributed by atoms with Crippen LogP contribution in [-0.4, -0.2) is 73.2 Å². The van der Waals surface area contributed by atoms with Gasteiger partial charge in [-0.3, -0.25) is 9.69 Å². The number of amides is 1. The first-order chi connectivity index (χ1) is 10.7. The van der Waals surface area contributed by atoms with Crippen LogP contribution in [0.25, 0.3) is 0 Å². The zero-order valence-electron chi connectivity index (χ0n) is 13.3. The number of morpholine rings is 1. The molecule has 2 aliphatic rings. The van der Waals surface area contributed by atoms with Gasteiger partial charge in [0, 0.05) is 39.1 Å². The molecule has 1 amide bonds. The Kier molecular flexibility index (Phi) is 4.75. The van der Waals surface area contributed by atoms with Crippen LogP contribution in [0.2, 0.25) is 0 Å². The Morgan fingerprint density at radius 3 is 3.09 bits per heavy atom. The highest BCUT2D eigenvalue weighted by molar-refractivity contribution is 5.89. The van der Waals surface area contributed by atoms with E-state index in [1.165, 1.54) is 0 Å². The fourth-order valence-electron chi connectivity index (χ4n) is 2.89. The Balaban J connectivity index is 1.55. The number of rotatable bonds is 4. The third-order valence-corrected chi connectivity index (χ3v) is 4.28. The standard InChI is InChI=1S/C15H24N4O3/c1-3-19-5-4-13-12(10-19)17-15(22-13)14(20)16-8-11-9-18(2)6-7-21-11/h11H,3-10H2,1-2H3,(H,16,20)/t11-/m0/s1. The highest BCUT2D eigenvalue weighted by Gasteiger charge is 2.25. The predicted molar refractivity (Wildman–Crippen MR) is 80.7 cm³/mol. The van der Waals surface area contributed by atoms with Crippen LogP contribution in [0.1, 0.15) is 29.1 Å². The zero-order valence-corrected chi connectivity index (χ0v) is 13.3. The minimum Gasteiger partial charge on any atom is -0.437 e. The van der Waals surface area contributed by atoms with Crippen LogP contribution in [0.15, 0.2) is 4.42 Å². The second-order valence-corrected chi connectivity index (χ2v) is 5.97. The fourth-order valence-corrected chi connectivity index (χ4v) is 2.89. The average molecular weight is 308 g/mol. The van der Waals surface area contributed by atoms with Gasteiger partial charge in [-0.05, 0) is 13.6 Å². The van der Waals surface area contributed by atoms with Gasteiger partial charge in [0.15, 0.2) is 0 Å². The third kappa shape index (κ3) is 3.48. The molecule has 22 heavy (non-hydrogen) atoms. The maximum atomic E-state index is 12.2. The van der Waals surface area contributed by atoms with Crippen molar-refractivity contribution in [2.45, 2.75) is 26.0 Å². The van der Waals surface area contributed by atoms with Gasteiger partial charge >= 0.3 is 5.91 Å². The number of aromatic nitrogens is 1. The summed E-state index contributed by atoms with van der Waals surface area (Å²) in [5.74, 6) is 0.768. The van der Waals surface area contributed by atoms with Crippen molar-refractivity contribution in [2.75, 3.05) is 46.4 Å². The second-order valence-electron chi connectivity index (χ2n) is 5.97. The number of carbonyl (C=O) groups is 1. The molecular weight excluding hydrogens is 284 g/mol. The van der Waals surface area contributed by atoms with Crippen LogP contribution < -0.4 is 5.32 Å². The number of fused-ring (bicyclic) bond motifs is 1. The Morgan fingerprint density at radius 2 is 2.32 bits per heavy atom. The van der Waals surface area contributed by atoms with Crippen molar-refractivity contribution in [1.82, 2.24) is 20.1 Å². The SMILES string of the molecule is CCN1CCc2oc(C(=O)NC[C@H]3CN(C)CCO3)nc2C1. The summed E-state index contributed by atoms with van der Waals surface area (Å²) in [5, 5.41) is 2.86. The number of ether oxygens (including phenoxy) is 1. The molecule has 1 aromatic rings. The molecular formula is C15H24N4O3. The van der Waals surface area contributed by atoms with Gasteiger partial charge in [-0.2, -0.15) is 0 Å². The minimum absolute atomic E-state index is 0.0304. The fraction of sp³-hybridized carbons (Fsp3) is 0.733. The van der Waals surface area contributed by atoms with Crippen LogP contribution in [0.4, 0.5) is 0 Å². The number of carbonyl (C=O) groups excluding carboxylic acids is 1. The molecule has 0 aliphatic carbocycles. The van der Waals surface area contributed by atoms with Crippen molar-refractivity contribution in [3.63, 3.8) is 0 Å². The lowest BCUT2D eigenvalue weighted by atomic mass is 10.2. The van der Waals surface area contributed by atoms with Crippen LogP contribution in [0.5, 0.6) is 0 Å². The van der Waals surface area contributed by atoms with E-state index in [-0.39, 0.29) is 17.9 Å². The molecule has 1 fully saturated rings. The molecule has 122 valence electrons. The van der Waals surface area contributed by atoms with Crippen LogP contribution >= 0.6 is 0 Å². The van der Waals surface area contributed by atoms with Gasteiger partial charge in [0.2, 0.25) is 0 Å². The van der Waals surface area contributed by atoms with Gasteiger partial charge < -0.3 is 19.4 Å². The molecule has 0 bridgehead atoms. The van der Waals surface area contributed by atoms with Crippen molar-refractivity contribution in [1.29, 1.82) is 0 Å². The van der Waals surface area contributed by atoms with Gasteiger partial charge in [0.25, 0.3) is 5.89 Å². The van der Waals surface area contributed by atoms with Crippen molar-refractivity contribution in [3.05, 3.63) is 17.3 Å². The van der Waals surface area contributed by atoms with Gasteiger partial charge in [-0.25, -0.2) is 4.98 Å². The number of nitrogens with one attached hydrogen (secondary N) is 1. The van der Waals surface area contributed by atoms with Crippen LogP contribution in [0.3, 0.4) is 0 Å². The lowest BCUT2D eigenvalue weighted by Crippen LogP contribution is -2.45. The quantitative estimate of drug-likeness (QED) is 0.851. The molecule has 1 aromatic heterocycles. The van der Waals surface area contributed by atoms with E-state index < -0.39 is 0 Å². The third-order valence-electron chi connectivity index (χ3n) is 4.28. The van der Waals surface area contributed by atoms with E-state index in [1.54, 1.807) is 0 Å². The molecule has 1 atom stereocenters. The van der Waals surface area contributed by atoms with Crippen molar-refractivity contribution in [2.24, 2.45) is 0 Å². The number of likely N-dealkylation sites (N-methyl/N-ethyl adjacent to an activating group) is 2. The summed E-state index contributed by atoms with van der Waals surface area (Å²) in [4.78, 5) is 21.0. The van der Waals surface area contributed by atoms with Crippen molar-refractivity contribution >= 4 is 5.91 Å².